The number of aldehydes is 1. The Labute approximate surface area is 109 Å². The molecule has 2 aromatic heterocycles. The fraction of sp³-hybridized carbons (Fsp3) is 0.273. The first-order valence-corrected chi connectivity index (χ1v) is 6.78. The summed E-state index contributed by atoms with van der Waals surface area (Å²) in [5, 5.41) is 0.797. The zero-order valence-corrected chi connectivity index (χ0v) is 11.1. The Morgan fingerprint density at radius 2 is 2.29 bits per heavy atom. The number of nitrogens with one attached hydrogen (secondary N) is 1. The van der Waals surface area contributed by atoms with Crippen LogP contribution in [-0.2, 0) is 6.42 Å². The zero-order chi connectivity index (χ0) is 12.0. The van der Waals surface area contributed by atoms with E-state index in [2.05, 4.69) is 20.9 Å². The van der Waals surface area contributed by atoms with Crippen molar-refractivity contribution < 1.29 is 9.53 Å². The van der Waals surface area contributed by atoms with Crippen LogP contribution in [0.3, 0.4) is 0 Å². The van der Waals surface area contributed by atoms with Crippen molar-refractivity contribution in [3.05, 3.63) is 25.4 Å². The fourth-order valence-corrected chi connectivity index (χ4v) is 3.82. The van der Waals surface area contributed by atoms with Crippen LogP contribution in [0, 0.1) is 0 Å². The Morgan fingerprint density at radius 1 is 1.47 bits per heavy atom. The molecule has 6 heteroatoms. The van der Waals surface area contributed by atoms with Gasteiger partial charge in [0.25, 0.3) is 5.56 Å². The van der Waals surface area contributed by atoms with Crippen LogP contribution < -0.4 is 10.3 Å². The third kappa shape index (κ3) is 1.55. The highest BCUT2D eigenvalue weighted by Crippen LogP contribution is 2.43. The second kappa shape index (κ2) is 3.96. The van der Waals surface area contributed by atoms with E-state index in [1.807, 2.05) is 0 Å². The Morgan fingerprint density at radius 3 is 3.06 bits per heavy atom. The van der Waals surface area contributed by atoms with Gasteiger partial charge in [-0.25, -0.2) is 0 Å². The molecule has 0 amide bonds. The van der Waals surface area contributed by atoms with Crippen molar-refractivity contribution in [1.82, 2.24) is 4.98 Å². The largest absolute Gasteiger partial charge is 0.491 e. The van der Waals surface area contributed by atoms with Gasteiger partial charge in [-0.2, -0.15) is 0 Å². The van der Waals surface area contributed by atoms with Gasteiger partial charge in [0.05, 0.1) is 12.3 Å². The molecule has 1 N–H and O–H groups in total. The molecule has 4 nitrogen and oxygen atoms in total. The van der Waals surface area contributed by atoms with E-state index >= 15 is 0 Å². The molecule has 0 saturated carbocycles. The third-order valence-corrected chi connectivity index (χ3v) is 4.64. The number of hydrogen-bond donors (Lipinski definition) is 1. The highest BCUT2D eigenvalue weighted by Gasteiger charge is 2.22. The van der Waals surface area contributed by atoms with E-state index in [-0.39, 0.29) is 5.56 Å². The first-order valence-electron chi connectivity index (χ1n) is 5.17. The van der Waals surface area contributed by atoms with Gasteiger partial charge in [0.15, 0.2) is 12.0 Å². The summed E-state index contributed by atoms with van der Waals surface area (Å²) in [5.41, 5.74) is 1.04. The maximum Gasteiger partial charge on any atom is 0.266 e. The van der Waals surface area contributed by atoms with Gasteiger partial charge >= 0.3 is 0 Å². The Balaban J connectivity index is 2.53. The number of aromatic amines is 1. The van der Waals surface area contributed by atoms with Gasteiger partial charge < -0.3 is 9.72 Å². The maximum absolute atomic E-state index is 11.8. The van der Waals surface area contributed by atoms with E-state index in [9.17, 15) is 9.59 Å². The van der Waals surface area contributed by atoms with Gasteiger partial charge in [-0.3, -0.25) is 9.59 Å². The summed E-state index contributed by atoms with van der Waals surface area (Å²) in [4.78, 5) is 25.5. The van der Waals surface area contributed by atoms with E-state index in [0.29, 0.717) is 29.0 Å². The minimum Gasteiger partial charge on any atom is -0.491 e. The first-order chi connectivity index (χ1) is 8.22. The van der Waals surface area contributed by atoms with E-state index in [1.165, 1.54) is 11.3 Å². The average Bonchev–Trinajstić information content (AvgIpc) is 2.52. The minimum absolute atomic E-state index is 0.228. The molecule has 0 bridgehead atoms. The van der Waals surface area contributed by atoms with Gasteiger partial charge in [0.2, 0.25) is 0 Å². The van der Waals surface area contributed by atoms with Gasteiger partial charge in [-0.15, -0.1) is 11.3 Å². The number of rotatable bonds is 1. The molecule has 0 unspecified atom stereocenters. The molecule has 88 valence electrons. The van der Waals surface area contributed by atoms with E-state index in [4.69, 9.17) is 4.74 Å². The fourth-order valence-electron chi connectivity index (χ4n) is 2.12. The summed E-state index contributed by atoms with van der Waals surface area (Å²) < 4.78 is 7.07. The lowest BCUT2D eigenvalue weighted by Crippen LogP contribution is -2.10. The van der Waals surface area contributed by atoms with E-state index in [0.717, 1.165) is 27.6 Å². The SMILES string of the molecule is O=Cc1[nH]c(=O)c2sc(Br)c3c2c1CCCO3. The van der Waals surface area contributed by atoms with Crippen LogP contribution in [0.1, 0.15) is 22.5 Å². The van der Waals surface area contributed by atoms with Gasteiger partial charge in [0, 0.05) is 5.39 Å². The molecule has 0 atom stereocenters. The zero-order valence-electron chi connectivity index (χ0n) is 8.71. The highest BCUT2D eigenvalue weighted by atomic mass is 79.9. The standard InChI is InChI=1S/C11H8BrNO3S/c12-10-8-7-5(2-1-3-16-8)6(4-14)13-11(15)9(7)17-10/h4H,1-3H2,(H,13,15). The number of pyridine rings is 1. The van der Waals surface area contributed by atoms with Crippen LogP contribution in [0.4, 0.5) is 0 Å². The van der Waals surface area contributed by atoms with Crippen LogP contribution in [0.15, 0.2) is 8.58 Å². The van der Waals surface area contributed by atoms with Crippen LogP contribution in [0.2, 0.25) is 0 Å². The van der Waals surface area contributed by atoms with Gasteiger partial charge in [-0.1, -0.05) is 0 Å². The van der Waals surface area contributed by atoms with Crippen molar-refractivity contribution in [2.24, 2.45) is 0 Å². The normalized spacial score (nSPS) is 14.4. The summed E-state index contributed by atoms with van der Waals surface area (Å²) in [6, 6.07) is 0. The molecular formula is C11H8BrNO3S. The number of thiophene rings is 1. The lowest BCUT2D eigenvalue weighted by atomic mass is 10.1. The molecule has 0 saturated heterocycles. The second-order valence-electron chi connectivity index (χ2n) is 3.83. The number of H-pyrrole nitrogens is 1. The van der Waals surface area contributed by atoms with Crippen LogP contribution in [-0.4, -0.2) is 17.9 Å². The molecule has 0 fully saturated rings. The van der Waals surface area contributed by atoms with Crippen molar-refractivity contribution in [3.8, 4) is 5.75 Å². The predicted octanol–water partition coefficient (Wildman–Crippen LogP) is 2.49. The molecular weight excluding hydrogens is 306 g/mol. The number of aromatic nitrogens is 1. The quantitative estimate of drug-likeness (QED) is 0.823. The van der Waals surface area contributed by atoms with Gasteiger partial charge in [-0.05, 0) is 34.3 Å². The average molecular weight is 314 g/mol. The molecule has 0 aromatic carbocycles. The van der Waals surface area contributed by atoms with E-state index in [1.54, 1.807) is 0 Å². The topological polar surface area (TPSA) is 59.2 Å². The number of aryl methyl sites for hydroxylation is 1. The lowest BCUT2D eigenvalue weighted by molar-refractivity contribution is 0.111. The summed E-state index contributed by atoms with van der Waals surface area (Å²) in [6.07, 6.45) is 2.29. The molecule has 0 spiro atoms. The third-order valence-electron chi connectivity index (χ3n) is 2.84. The summed E-state index contributed by atoms with van der Waals surface area (Å²) in [5.74, 6) is 0.701. The summed E-state index contributed by atoms with van der Waals surface area (Å²) in [6.45, 7) is 0.603. The Kier molecular flexibility index (Phi) is 2.56. The van der Waals surface area contributed by atoms with Crippen molar-refractivity contribution in [3.63, 3.8) is 0 Å². The smallest absolute Gasteiger partial charge is 0.266 e. The molecule has 3 rings (SSSR count). The molecule has 2 aromatic rings. The number of carbonyl (C=O) groups is 1. The van der Waals surface area contributed by atoms with Crippen molar-refractivity contribution in [2.45, 2.75) is 12.8 Å². The number of hydrogen-bond acceptors (Lipinski definition) is 4. The van der Waals surface area contributed by atoms with Crippen LogP contribution in [0.5, 0.6) is 5.75 Å². The highest BCUT2D eigenvalue weighted by molar-refractivity contribution is 9.11. The van der Waals surface area contributed by atoms with Crippen molar-refractivity contribution in [2.75, 3.05) is 6.61 Å². The predicted molar refractivity (Wildman–Crippen MR) is 69.3 cm³/mol. The number of ether oxygens (including phenoxy) is 1. The number of carbonyl (C=O) groups excluding carboxylic acids is 1. The Bertz CT molecular complexity index is 673. The molecule has 0 aliphatic carbocycles. The van der Waals surface area contributed by atoms with E-state index < -0.39 is 0 Å². The molecule has 1 aliphatic heterocycles. The summed E-state index contributed by atoms with van der Waals surface area (Å²) >= 11 is 4.75. The minimum atomic E-state index is -0.228. The summed E-state index contributed by atoms with van der Waals surface area (Å²) in [7, 11) is 0. The van der Waals surface area contributed by atoms with Crippen molar-refractivity contribution >= 4 is 43.6 Å². The molecule has 1 aliphatic rings. The van der Waals surface area contributed by atoms with Crippen molar-refractivity contribution in [1.29, 1.82) is 0 Å². The first kappa shape index (κ1) is 11.0. The van der Waals surface area contributed by atoms with Crippen LogP contribution in [0.25, 0.3) is 10.1 Å². The monoisotopic (exact) mass is 313 g/mol. The molecule has 3 heterocycles. The molecule has 0 radical (unpaired) electrons. The van der Waals surface area contributed by atoms with Crippen LogP contribution >= 0.6 is 27.3 Å². The second-order valence-corrected chi connectivity index (χ2v) is 6.16. The Hall–Kier alpha value is -1.14. The number of halogens is 1. The lowest BCUT2D eigenvalue weighted by Gasteiger charge is -2.03. The van der Waals surface area contributed by atoms with Gasteiger partial charge in [0.1, 0.15) is 8.49 Å². The maximum atomic E-state index is 11.8. The molecule has 17 heavy (non-hydrogen) atoms.